The lowest BCUT2D eigenvalue weighted by atomic mass is 9.89. The highest BCUT2D eigenvalue weighted by atomic mass is 16.3. The van der Waals surface area contributed by atoms with Crippen molar-refractivity contribution in [1.82, 2.24) is 4.90 Å². The summed E-state index contributed by atoms with van der Waals surface area (Å²) in [5.41, 5.74) is 0. The fraction of sp³-hybridized carbons (Fsp3) is 1.00. The summed E-state index contributed by atoms with van der Waals surface area (Å²) in [7, 11) is 0. The molecule has 2 nitrogen and oxygen atoms in total. The SMILES string of the molecule is CC1CCCN(C2CCCCCC2O)C1C. The Morgan fingerprint density at radius 2 is 1.69 bits per heavy atom. The summed E-state index contributed by atoms with van der Waals surface area (Å²) in [4.78, 5) is 2.60. The molecule has 0 aromatic carbocycles. The Hall–Kier alpha value is -0.0800. The van der Waals surface area contributed by atoms with Crippen molar-refractivity contribution in [2.75, 3.05) is 6.54 Å². The molecule has 1 heterocycles. The second-order valence-electron chi connectivity index (χ2n) is 5.87. The van der Waals surface area contributed by atoms with Crippen LogP contribution < -0.4 is 0 Å². The third-order valence-electron chi connectivity index (χ3n) is 4.79. The minimum absolute atomic E-state index is 0.0738. The van der Waals surface area contributed by atoms with Crippen molar-refractivity contribution >= 4 is 0 Å². The predicted octanol–water partition coefficient (Wildman–Crippen LogP) is 2.80. The van der Waals surface area contributed by atoms with Crippen molar-refractivity contribution in [3.05, 3.63) is 0 Å². The maximum Gasteiger partial charge on any atom is 0.0695 e. The maximum absolute atomic E-state index is 10.3. The zero-order chi connectivity index (χ0) is 11.5. The van der Waals surface area contributed by atoms with Gasteiger partial charge in [-0.25, -0.2) is 0 Å². The average Bonchev–Trinajstić information content (AvgIpc) is 2.47. The zero-order valence-corrected chi connectivity index (χ0v) is 10.9. The highest BCUT2D eigenvalue weighted by molar-refractivity contribution is 4.88. The monoisotopic (exact) mass is 225 g/mol. The van der Waals surface area contributed by atoms with E-state index < -0.39 is 0 Å². The molecule has 2 heteroatoms. The molecule has 1 aliphatic heterocycles. The van der Waals surface area contributed by atoms with E-state index in [1.807, 2.05) is 0 Å². The molecule has 1 saturated heterocycles. The van der Waals surface area contributed by atoms with Crippen LogP contribution in [0.4, 0.5) is 0 Å². The van der Waals surface area contributed by atoms with E-state index in [4.69, 9.17) is 0 Å². The average molecular weight is 225 g/mol. The first kappa shape index (κ1) is 12.4. The summed E-state index contributed by atoms with van der Waals surface area (Å²) in [6, 6.07) is 1.10. The zero-order valence-electron chi connectivity index (χ0n) is 10.9. The van der Waals surface area contributed by atoms with Gasteiger partial charge in [0.1, 0.15) is 0 Å². The lowest BCUT2D eigenvalue weighted by molar-refractivity contribution is -0.00738. The third-order valence-corrected chi connectivity index (χ3v) is 4.79. The van der Waals surface area contributed by atoms with Crippen molar-refractivity contribution in [3.8, 4) is 0 Å². The second kappa shape index (κ2) is 5.50. The van der Waals surface area contributed by atoms with Crippen molar-refractivity contribution < 1.29 is 5.11 Å². The molecule has 16 heavy (non-hydrogen) atoms. The molecular weight excluding hydrogens is 198 g/mol. The molecule has 1 aliphatic carbocycles. The van der Waals surface area contributed by atoms with E-state index in [2.05, 4.69) is 18.7 Å². The molecule has 0 aromatic heterocycles. The van der Waals surface area contributed by atoms with E-state index in [9.17, 15) is 5.11 Å². The number of piperidine rings is 1. The van der Waals surface area contributed by atoms with Gasteiger partial charge in [0.25, 0.3) is 0 Å². The quantitative estimate of drug-likeness (QED) is 0.694. The molecular formula is C14H27NO. The summed E-state index contributed by atoms with van der Waals surface area (Å²) in [5, 5.41) is 10.3. The van der Waals surface area contributed by atoms with Crippen LogP contribution in [0.3, 0.4) is 0 Å². The fourth-order valence-corrected chi connectivity index (χ4v) is 3.49. The molecule has 0 spiro atoms. The molecule has 2 aliphatic rings. The van der Waals surface area contributed by atoms with Crippen LogP contribution in [-0.4, -0.2) is 34.7 Å². The first-order valence-electron chi connectivity index (χ1n) is 7.14. The van der Waals surface area contributed by atoms with Gasteiger partial charge in [-0.05, 0) is 45.1 Å². The van der Waals surface area contributed by atoms with Crippen LogP contribution >= 0.6 is 0 Å². The van der Waals surface area contributed by atoms with Gasteiger partial charge in [-0.3, -0.25) is 4.90 Å². The van der Waals surface area contributed by atoms with Gasteiger partial charge < -0.3 is 5.11 Å². The summed E-state index contributed by atoms with van der Waals surface area (Å²) in [5.74, 6) is 0.796. The van der Waals surface area contributed by atoms with Crippen LogP contribution in [0.5, 0.6) is 0 Å². The van der Waals surface area contributed by atoms with Gasteiger partial charge in [-0.15, -0.1) is 0 Å². The summed E-state index contributed by atoms with van der Waals surface area (Å²) < 4.78 is 0. The van der Waals surface area contributed by atoms with Gasteiger partial charge in [0, 0.05) is 12.1 Å². The number of likely N-dealkylation sites (tertiary alicyclic amines) is 1. The Kier molecular flexibility index (Phi) is 4.26. The Bertz CT molecular complexity index is 219. The van der Waals surface area contributed by atoms with E-state index in [0.29, 0.717) is 12.1 Å². The van der Waals surface area contributed by atoms with E-state index in [1.54, 1.807) is 0 Å². The molecule has 1 N–H and O–H groups in total. The molecule has 2 fully saturated rings. The smallest absolute Gasteiger partial charge is 0.0695 e. The van der Waals surface area contributed by atoms with Crippen LogP contribution in [0, 0.1) is 5.92 Å². The normalized spacial score (nSPS) is 42.9. The molecule has 2 rings (SSSR count). The number of nitrogens with zero attached hydrogens (tertiary/aromatic N) is 1. The predicted molar refractivity (Wildman–Crippen MR) is 67.4 cm³/mol. The molecule has 94 valence electrons. The Labute approximate surface area is 100 Å². The van der Waals surface area contributed by atoms with Crippen molar-refractivity contribution in [2.24, 2.45) is 5.92 Å². The standard InChI is InChI=1S/C14H27NO/c1-11-7-6-10-15(12(11)2)13-8-4-3-5-9-14(13)16/h11-14,16H,3-10H2,1-2H3. The first-order valence-corrected chi connectivity index (χ1v) is 7.14. The molecule has 0 aromatic rings. The van der Waals surface area contributed by atoms with Gasteiger partial charge in [-0.2, -0.15) is 0 Å². The maximum atomic E-state index is 10.3. The summed E-state index contributed by atoms with van der Waals surface area (Å²) >= 11 is 0. The molecule has 0 radical (unpaired) electrons. The van der Waals surface area contributed by atoms with Crippen LogP contribution in [0.25, 0.3) is 0 Å². The minimum Gasteiger partial charge on any atom is -0.391 e. The van der Waals surface area contributed by atoms with E-state index in [1.165, 1.54) is 45.1 Å². The first-order chi connectivity index (χ1) is 7.70. The Balaban J connectivity index is 2.02. The molecule has 1 saturated carbocycles. The Morgan fingerprint density at radius 3 is 2.50 bits per heavy atom. The van der Waals surface area contributed by atoms with Crippen molar-refractivity contribution in [2.45, 2.75) is 77.0 Å². The lowest BCUT2D eigenvalue weighted by Gasteiger charge is -2.44. The van der Waals surface area contributed by atoms with Gasteiger partial charge >= 0.3 is 0 Å². The molecule has 0 bridgehead atoms. The molecule has 4 atom stereocenters. The summed E-state index contributed by atoms with van der Waals surface area (Å²) in [6.07, 6.45) is 8.66. The van der Waals surface area contributed by atoms with Crippen LogP contribution in [0.15, 0.2) is 0 Å². The van der Waals surface area contributed by atoms with E-state index in [0.717, 1.165) is 12.3 Å². The van der Waals surface area contributed by atoms with Crippen molar-refractivity contribution in [1.29, 1.82) is 0 Å². The highest BCUT2D eigenvalue weighted by Gasteiger charge is 2.34. The highest BCUT2D eigenvalue weighted by Crippen LogP contribution is 2.30. The van der Waals surface area contributed by atoms with Crippen LogP contribution in [0.2, 0.25) is 0 Å². The number of rotatable bonds is 1. The second-order valence-corrected chi connectivity index (χ2v) is 5.87. The van der Waals surface area contributed by atoms with Crippen LogP contribution in [-0.2, 0) is 0 Å². The minimum atomic E-state index is -0.0738. The van der Waals surface area contributed by atoms with Crippen molar-refractivity contribution in [3.63, 3.8) is 0 Å². The number of hydrogen-bond donors (Lipinski definition) is 1. The van der Waals surface area contributed by atoms with Gasteiger partial charge in [-0.1, -0.05) is 26.2 Å². The summed E-state index contributed by atoms with van der Waals surface area (Å²) in [6.45, 7) is 5.91. The van der Waals surface area contributed by atoms with E-state index in [-0.39, 0.29) is 6.10 Å². The Morgan fingerprint density at radius 1 is 0.938 bits per heavy atom. The third kappa shape index (κ3) is 2.60. The number of hydrogen-bond acceptors (Lipinski definition) is 2. The van der Waals surface area contributed by atoms with Crippen LogP contribution in [0.1, 0.15) is 58.8 Å². The largest absolute Gasteiger partial charge is 0.391 e. The van der Waals surface area contributed by atoms with E-state index >= 15 is 0 Å². The number of aliphatic hydroxyl groups excluding tert-OH is 1. The van der Waals surface area contributed by atoms with Gasteiger partial charge in [0.15, 0.2) is 0 Å². The fourth-order valence-electron chi connectivity index (χ4n) is 3.49. The lowest BCUT2D eigenvalue weighted by Crippen LogP contribution is -2.52. The molecule has 0 amide bonds. The van der Waals surface area contributed by atoms with Gasteiger partial charge in [0.05, 0.1) is 6.10 Å². The topological polar surface area (TPSA) is 23.5 Å². The van der Waals surface area contributed by atoms with Gasteiger partial charge in [0.2, 0.25) is 0 Å². The molecule has 4 unspecified atom stereocenters. The number of aliphatic hydroxyl groups is 1.